The van der Waals surface area contributed by atoms with Crippen LogP contribution in [0.15, 0.2) is 11.6 Å². The molecule has 5 nitrogen and oxygen atoms in total. The number of hydrogen-bond acceptors (Lipinski definition) is 5. The zero-order valence-electron chi connectivity index (χ0n) is 7.59. The molecular formula is C8H13FO5. The summed E-state index contributed by atoms with van der Waals surface area (Å²) in [6.07, 6.45) is -5.70. The van der Waals surface area contributed by atoms with E-state index in [2.05, 4.69) is 0 Å². The summed E-state index contributed by atoms with van der Waals surface area (Å²) in [6.45, 7) is 0.485. The quantitative estimate of drug-likeness (QED) is 0.428. The molecule has 0 radical (unpaired) electrons. The molecule has 0 aromatic heterocycles. The maximum absolute atomic E-state index is 12.8. The van der Waals surface area contributed by atoms with Gasteiger partial charge in [0.2, 0.25) is 0 Å². The molecule has 0 aromatic rings. The van der Waals surface area contributed by atoms with E-state index in [1.807, 2.05) is 0 Å². The first kappa shape index (κ1) is 11.4. The van der Waals surface area contributed by atoms with Crippen molar-refractivity contribution in [3.05, 3.63) is 11.6 Å². The number of aliphatic hydroxyl groups excluding tert-OH is 4. The standard InChI is InChI=1S/C8H13FO5/c1-3(9)8-7(13)6(12)5(11)4(2-10)14-8/h4-7,10-13H,2H2,1H3/b8-3+/t4-,5-,6+,7-/m1/s1. The molecule has 6 heteroatoms. The maximum atomic E-state index is 12.8. The Morgan fingerprint density at radius 2 is 1.93 bits per heavy atom. The van der Waals surface area contributed by atoms with Crippen LogP contribution >= 0.6 is 0 Å². The van der Waals surface area contributed by atoms with Gasteiger partial charge in [0.15, 0.2) is 5.76 Å². The van der Waals surface area contributed by atoms with Gasteiger partial charge in [-0.25, -0.2) is 4.39 Å². The van der Waals surface area contributed by atoms with Crippen molar-refractivity contribution in [2.45, 2.75) is 31.3 Å². The minimum atomic E-state index is -1.60. The Kier molecular flexibility index (Phi) is 3.43. The smallest absolute Gasteiger partial charge is 0.159 e. The average molecular weight is 208 g/mol. The summed E-state index contributed by atoms with van der Waals surface area (Å²) in [7, 11) is 0. The first-order valence-corrected chi connectivity index (χ1v) is 4.17. The fraction of sp³-hybridized carbons (Fsp3) is 0.750. The van der Waals surface area contributed by atoms with E-state index in [0.717, 1.165) is 6.92 Å². The Hall–Kier alpha value is -0.690. The zero-order valence-corrected chi connectivity index (χ0v) is 7.59. The average Bonchev–Trinajstić information content (AvgIpc) is 2.14. The minimum Gasteiger partial charge on any atom is -0.484 e. The van der Waals surface area contributed by atoms with Gasteiger partial charge in [-0.1, -0.05) is 0 Å². The molecule has 1 saturated heterocycles. The summed E-state index contributed by atoms with van der Waals surface area (Å²) in [5.41, 5.74) is 0. The normalized spacial score (nSPS) is 41.9. The van der Waals surface area contributed by atoms with Crippen molar-refractivity contribution in [1.82, 2.24) is 0 Å². The third-order valence-electron chi connectivity index (χ3n) is 2.12. The molecule has 4 N–H and O–H groups in total. The van der Waals surface area contributed by atoms with E-state index in [9.17, 15) is 19.7 Å². The highest BCUT2D eigenvalue weighted by atomic mass is 19.1. The molecular weight excluding hydrogens is 195 g/mol. The second-order valence-corrected chi connectivity index (χ2v) is 3.16. The molecule has 1 rings (SSSR count). The number of ether oxygens (including phenoxy) is 1. The SMILES string of the molecule is C/C(F)=C1\O[C@H](CO)[C@@H](O)[C@H](O)[C@H]1O. The van der Waals surface area contributed by atoms with Gasteiger partial charge in [-0.05, 0) is 6.92 Å². The van der Waals surface area contributed by atoms with Crippen LogP contribution < -0.4 is 0 Å². The highest BCUT2D eigenvalue weighted by molar-refractivity contribution is 5.11. The molecule has 0 unspecified atom stereocenters. The van der Waals surface area contributed by atoms with Gasteiger partial charge < -0.3 is 25.2 Å². The Morgan fingerprint density at radius 3 is 2.36 bits per heavy atom. The lowest BCUT2D eigenvalue weighted by Crippen LogP contribution is -2.53. The van der Waals surface area contributed by atoms with Crippen LogP contribution in [-0.2, 0) is 4.74 Å². The van der Waals surface area contributed by atoms with E-state index in [1.165, 1.54) is 0 Å². The van der Waals surface area contributed by atoms with Gasteiger partial charge in [-0.3, -0.25) is 0 Å². The summed E-state index contributed by atoms with van der Waals surface area (Å²) >= 11 is 0. The highest BCUT2D eigenvalue weighted by Gasteiger charge is 2.41. The Labute approximate surface area is 80.1 Å². The summed E-state index contributed by atoms with van der Waals surface area (Å²) < 4.78 is 17.6. The lowest BCUT2D eigenvalue weighted by Gasteiger charge is -2.36. The monoisotopic (exact) mass is 208 g/mol. The fourth-order valence-electron chi connectivity index (χ4n) is 1.29. The van der Waals surface area contributed by atoms with Crippen molar-refractivity contribution in [2.75, 3.05) is 6.61 Å². The van der Waals surface area contributed by atoms with Gasteiger partial charge in [-0.2, -0.15) is 0 Å². The predicted molar refractivity (Wildman–Crippen MR) is 43.8 cm³/mol. The van der Waals surface area contributed by atoms with Crippen molar-refractivity contribution in [2.24, 2.45) is 0 Å². The zero-order chi connectivity index (χ0) is 10.9. The number of hydrogen-bond donors (Lipinski definition) is 4. The fourth-order valence-corrected chi connectivity index (χ4v) is 1.29. The molecule has 0 amide bonds. The van der Waals surface area contributed by atoms with Crippen LogP contribution in [0, 0.1) is 0 Å². The topological polar surface area (TPSA) is 90.2 Å². The van der Waals surface area contributed by atoms with Crippen LogP contribution in [0.25, 0.3) is 0 Å². The van der Waals surface area contributed by atoms with Crippen LogP contribution in [0.4, 0.5) is 4.39 Å². The molecule has 14 heavy (non-hydrogen) atoms. The predicted octanol–water partition coefficient (Wildman–Crippen LogP) is -1.34. The maximum Gasteiger partial charge on any atom is 0.159 e. The molecule has 1 aliphatic rings. The molecule has 0 aliphatic carbocycles. The van der Waals surface area contributed by atoms with Crippen molar-refractivity contribution >= 4 is 0 Å². The second kappa shape index (κ2) is 4.22. The number of halogens is 1. The first-order chi connectivity index (χ1) is 6.49. The van der Waals surface area contributed by atoms with E-state index in [4.69, 9.17) is 9.84 Å². The van der Waals surface area contributed by atoms with Gasteiger partial charge in [0.25, 0.3) is 0 Å². The summed E-state index contributed by atoms with van der Waals surface area (Å²) in [5.74, 6) is -1.23. The Balaban J connectivity index is 2.90. The molecule has 82 valence electrons. The molecule has 0 spiro atoms. The second-order valence-electron chi connectivity index (χ2n) is 3.16. The van der Waals surface area contributed by atoms with Gasteiger partial charge in [0, 0.05) is 0 Å². The van der Waals surface area contributed by atoms with Gasteiger partial charge in [-0.15, -0.1) is 0 Å². The van der Waals surface area contributed by atoms with E-state index in [1.54, 1.807) is 0 Å². The van der Waals surface area contributed by atoms with Crippen molar-refractivity contribution in [3.8, 4) is 0 Å². The summed E-state index contributed by atoms with van der Waals surface area (Å²) in [6, 6.07) is 0. The first-order valence-electron chi connectivity index (χ1n) is 4.17. The molecule has 1 aliphatic heterocycles. The lowest BCUT2D eigenvalue weighted by molar-refractivity contribution is -0.166. The summed E-state index contributed by atoms with van der Waals surface area (Å²) in [5, 5.41) is 36.6. The largest absolute Gasteiger partial charge is 0.484 e. The van der Waals surface area contributed by atoms with Gasteiger partial charge >= 0.3 is 0 Å². The van der Waals surface area contributed by atoms with E-state index in [0.29, 0.717) is 0 Å². The van der Waals surface area contributed by atoms with Crippen LogP contribution in [0.2, 0.25) is 0 Å². The lowest BCUT2D eigenvalue weighted by atomic mass is 9.98. The molecule has 4 atom stereocenters. The van der Waals surface area contributed by atoms with E-state index < -0.39 is 42.6 Å². The van der Waals surface area contributed by atoms with E-state index in [-0.39, 0.29) is 0 Å². The van der Waals surface area contributed by atoms with Crippen LogP contribution in [0.5, 0.6) is 0 Å². The third-order valence-corrected chi connectivity index (χ3v) is 2.12. The number of rotatable bonds is 1. The Bertz CT molecular complexity index is 236. The highest BCUT2D eigenvalue weighted by Crippen LogP contribution is 2.26. The molecule has 0 saturated carbocycles. The minimum absolute atomic E-state index is 0.443. The van der Waals surface area contributed by atoms with Gasteiger partial charge in [0.1, 0.15) is 30.2 Å². The van der Waals surface area contributed by atoms with Crippen molar-refractivity contribution in [1.29, 1.82) is 0 Å². The summed E-state index contributed by atoms with van der Waals surface area (Å²) in [4.78, 5) is 0. The molecule has 0 bridgehead atoms. The molecule has 0 aromatic carbocycles. The van der Waals surface area contributed by atoms with Crippen molar-refractivity contribution in [3.63, 3.8) is 0 Å². The molecule has 1 fully saturated rings. The van der Waals surface area contributed by atoms with Crippen LogP contribution in [0.3, 0.4) is 0 Å². The molecule has 1 heterocycles. The van der Waals surface area contributed by atoms with Crippen LogP contribution in [0.1, 0.15) is 6.92 Å². The van der Waals surface area contributed by atoms with E-state index >= 15 is 0 Å². The van der Waals surface area contributed by atoms with Crippen LogP contribution in [-0.4, -0.2) is 51.4 Å². The van der Waals surface area contributed by atoms with Crippen molar-refractivity contribution < 1.29 is 29.6 Å². The Morgan fingerprint density at radius 1 is 1.36 bits per heavy atom. The number of aliphatic hydroxyl groups is 4. The third kappa shape index (κ3) is 1.88. The number of allylic oxidation sites excluding steroid dienone is 1. The van der Waals surface area contributed by atoms with Gasteiger partial charge in [0.05, 0.1) is 6.61 Å².